The molecule has 0 radical (unpaired) electrons. The van der Waals surface area contributed by atoms with E-state index in [0.717, 1.165) is 0 Å². The molecule has 0 saturated heterocycles. The van der Waals surface area contributed by atoms with E-state index in [-0.39, 0.29) is 21.2 Å². The second-order valence-electron chi connectivity index (χ2n) is 3.84. The van der Waals surface area contributed by atoms with Crippen molar-refractivity contribution in [2.24, 2.45) is 0 Å². The maximum atomic E-state index is 12.3. The lowest BCUT2D eigenvalue weighted by atomic mass is 10.2. The summed E-state index contributed by atoms with van der Waals surface area (Å²) in [6, 6.07) is 12.7. The number of nitrogens with one attached hydrogen (secondary N) is 1. The fourth-order valence-electron chi connectivity index (χ4n) is 1.56. The second-order valence-corrected chi connectivity index (χ2v) is 6.81. The van der Waals surface area contributed by atoms with E-state index in [2.05, 4.69) is 20.7 Å². The standard InChI is InChI=1S/C13H8BrClN2O2S/c14-10-5-6-13(11(15)7-10)20(18,19)17-12-4-2-1-3-9(12)8-16/h1-7,17H. The summed E-state index contributed by atoms with van der Waals surface area (Å²) in [7, 11) is -3.85. The van der Waals surface area contributed by atoms with Crippen LogP contribution >= 0.6 is 27.5 Å². The summed E-state index contributed by atoms with van der Waals surface area (Å²) in [5.41, 5.74) is 0.457. The highest BCUT2D eigenvalue weighted by molar-refractivity contribution is 9.10. The van der Waals surface area contributed by atoms with Crippen LogP contribution in [0.4, 0.5) is 5.69 Å². The first-order valence-corrected chi connectivity index (χ1v) is 8.06. The minimum atomic E-state index is -3.85. The molecule has 0 heterocycles. The van der Waals surface area contributed by atoms with Gasteiger partial charge in [-0.05, 0) is 30.3 Å². The molecule has 20 heavy (non-hydrogen) atoms. The van der Waals surface area contributed by atoms with E-state index < -0.39 is 10.0 Å². The molecule has 2 aromatic rings. The minimum absolute atomic E-state index is 0.0462. The molecule has 0 aromatic heterocycles. The van der Waals surface area contributed by atoms with Gasteiger partial charge in [0.15, 0.2) is 0 Å². The SMILES string of the molecule is N#Cc1ccccc1NS(=O)(=O)c1ccc(Br)cc1Cl. The third kappa shape index (κ3) is 3.12. The fraction of sp³-hybridized carbons (Fsp3) is 0. The van der Waals surface area contributed by atoms with Gasteiger partial charge in [-0.1, -0.05) is 39.7 Å². The quantitative estimate of drug-likeness (QED) is 0.892. The molecule has 102 valence electrons. The molecule has 0 aliphatic rings. The van der Waals surface area contributed by atoms with Crippen LogP contribution in [0.5, 0.6) is 0 Å². The third-order valence-corrected chi connectivity index (χ3v) is 4.82. The summed E-state index contributed by atoms with van der Waals surface area (Å²) in [6.45, 7) is 0. The van der Waals surface area contributed by atoms with E-state index in [4.69, 9.17) is 16.9 Å². The average molecular weight is 372 g/mol. The lowest BCUT2D eigenvalue weighted by Gasteiger charge is -2.10. The zero-order valence-electron chi connectivity index (χ0n) is 9.97. The third-order valence-electron chi connectivity index (χ3n) is 2.48. The van der Waals surface area contributed by atoms with E-state index in [0.29, 0.717) is 4.47 Å². The molecule has 0 unspecified atom stereocenters. The molecule has 4 nitrogen and oxygen atoms in total. The Morgan fingerprint density at radius 1 is 1.20 bits per heavy atom. The zero-order valence-corrected chi connectivity index (χ0v) is 13.1. The van der Waals surface area contributed by atoms with Gasteiger partial charge in [-0.15, -0.1) is 0 Å². The van der Waals surface area contributed by atoms with Gasteiger partial charge in [-0.25, -0.2) is 8.42 Å². The minimum Gasteiger partial charge on any atom is -0.278 e. The van der Waals surface area contributed by atoms with Gasteiger partial charge < -0.3 is 0 Å². The summed E-state index contributed by atoms with van der Waals surface area (Å²) < 4.78 is 27.6. The highest BCUT2D eigenvalue weighted by Crippen LogP contribution is 2.27. The van der Waals surface area contributed by atoms with Crippen molar-refractivity contribution < 1.29 is 8.42 Å². The predicted octanol–water partition coefficient (Wildman–Crippen LogP) is 3.77. The van der Waals surface area contributed by atoms with E-state index in [9.17, 15) is 8.42 Å². The van der Waals surface area contributed by atoms with Gasteiger partial charge in [-0.2, -0.15) is 5.26 Å². The molecule has 0 atom stereocenters. The first-order chi connectivity index (χ1) is 9.44. The largest absolute Gasteiger partial charge is 0.278 e. The molecule has 0 aliphatic carbocycles. The number of hydrogen-bond acceptors (Lipinski definition) is 3. The Morgan fingerprint density at radius 2 is 1.90 bits per heavy atom. The fourth-order valence-corrected chi connectivity index (χ4v) is 3.68. The van der Waals surface area contributed by atoms with Crippen molar-refractivity contribution in [3.63, 3.8) is 0 Å². The number of halogens is 2. The van der Waals surface area contributed by atoms with Crippen molar-refractivity contribution in [3.8, 4) is 6.07 Å². The molecule has 0 amide bonds. The van der Waals surface area contributed by atoms with Crippen LogP contribution in [0.25, 0.3) is 0 Å². The average Bonchev–Trinajstić information content (AvgIpc) is 2.38. The zero-order chi connectivity index (χ0) is 14.8. The van der Waals surface area contributed by atoms with Gasteiger partial charge in [-0.3, -0.25) is 4.72 Å². The highest BCUT2D eigenvalue weighted by atomic mass is 79.9. The van der Waals surface area contributed by atoms with E-state index >= 15 is 0 Å². The Balaban J connectivity index is 2.44. The van der Waals surface area contributed by atoms with Crippen LogP contribution in [0.3, 0.4) is 0 Å². The molecule has 0 aliphatic heterocycles. The summed E-state index contributed by atoms with van der Waals surface area (Å²) in [5.74, 6) is 0. The van der Waals surface area contributed by atoms with Crippen molar-refractivity contribution in [2.45, 2.75) is 4.90 Å². The van der Waals surface area contributed by atoms with E-state index in [1.807, 2.05) is 6.07 Å². The molecule has 7 heteroatoms. The number of benzene rings is 2. The van der Waals surface area contributed by atoms with Gasteiger partial charge in [0.2, 0.25) is 0 Å². The molecule has 0 bridgehead atoms. The molecule has 0 spiro atoms. The summed E-state index contributed by atoms with van der Waals surface area (Å²) in [4.78, 5) is -0.0462. The number of para-hydroxylation sites is 1. The number of anilines is 1. The Morgan fingerprint density at radius 3 is 2.55 bits per heavy atom. The molecule has 1 N–H and O–H groups in total. The second kappa shape index (κ2) is 5.83. The topological polar surface area (TPSA) is 70.0 Å². The number of sulfonamides is 1. The van der Waals surface area contributed by atoms with E-state index in [1.54, 1.807) is 18.2 Å². The first-order valence-electron chi connectivity index (χ1n) is 5.41. The van der Waals surface area contributed by atoms with Crippen LogP contribution in [0.1, 0.15) is 5.56 Å². The van der Waals surface area contributed by atoms with Gasteiger partial charge in [0.05, 0.1) is 16.3 Å². The Bertz CT molecular complexity index is 800. The lowest BCUT2D eigenvalue weighted by molar-refractivity contribution is 0.601. The monoisotopic (exact) mass is 370 g/mol. The van der Waals surface area contributed by atoms with E-state index in [1.165, 1.54) is 24.3 Å². The summed E-state index contributed by atoms with van der Waals surface area (Å²) in [5, 5.41) is 9.06. The predicted molar refractivity (Wildman–Crippen MR) is 81.1 cm³/mol. The number of nitrogens with zero attached hydrogens (tertiary/aromatic N) is 1. The van der Waals surface area contributed by atoms with Crippen LogP contribution in [0.2, 0.25) is 5.02 Å². The number of hydrogen-bond donors (Lipinski definition) is 1. The molecular weight excluding hydrogens is 364 g/mol. The Labute approximate surface area is 130 Å². The highest BCUT2D eigenvalue weighted by Gasteiger charge is 2.19. The van der Waals surface area contributed by atoms with Crippen molar-refractivity contribution in [3.05, 3.63) is 57.5 Å². The van der Waals surface area contributed by atoms with Crippen molar-refractivity contribution in [1.29, 1.82) is 5.26 Å². The van der Waals surface area contributed by atoms with Crippen molar-refractivity contribution >= 4 is 43.2 Å². The smallest absolute Gasteiger partial charge is 0.263 e. The Kier molecular flexibility index (Phi) is 4.33. The molecule has 2 aromatic carbocycles. The van der Waals surface area contributed by atoms with Gasteiger partial charge in [0.1, 0.15) is 11.0 Å². The van der Waals surface area contributed by atoms with Gasteiger partial charge >= 0.3 is 0 Å². The summed E-state index contributed by atoms with van der Waals surface area (Å²) in [6.07, 6.45) is 0. The molecular formula is C13H8BrClN2O2S. The maximum Gasteiger partial charge on any atom is 0.263 e. The molecule has 2 rings (SSSR count). The normalized spacial score (nSPS) is 10.8. The number of rotatable bonds is 3. The Hall–Kier alpha value is -1.55. The molecule has 0 fully saturated rings. The van der Waals surface area contributed by atoms with Gasteiger partial charge in [0, 0.05) is 4.47 Å². The first kappa shape index (κ1) is 14.9. The van der Waals surface area contributed by atoms with Gasteiger partial charge in [0.25, 0.3) is 10.0 Å². The van der Waals surface area contributed by atoms with Crippen molar-refractivity contribution in [1.82, 2.24) is 0 Å². The molecule has 0 saturated carbocycles. The number of nitriles is 1. The van der Waals surface area contributed by atoms with Crippen molar-refractivity contribution in [2.75, 3.05) is 4.72 Å². The van der Waals surface area contributed by atoms with Crippen LogP contribution < -0.4 is 4.72 Å². The lowest BCUT2D eigenvalue weighted by Crippen LogP contribution is -2.14. The maximum absolute atomic E-state index is 12.3. The van der Waals surface area contributed by atoms with Crippen LogP contribution in [0, 0.1) is 11.3 Å². The van der Waals surface area contributed by atoms with Crippen LogP contribution in [0.15, 0.2) is 51.8 Å². The summed E-state index contributed by atoms with van der Waals surface area (Å²) >= 11 is 9.15. The van der Waals surface area contributed by atoms with Crippen LogP contribution in [-0.2, 0) is 10.0 Å². The van der Waals surface area contributed by atoms with Crippen LogP contribution in [-0.4, -0.2) is 8.42 Å².